The van der Waals surface area contributed by atoms with Crippen molar-refractivity contribution in [3.63, 3.8) is 0 Å². The molecule has 2 aromatic carbocycles. The summed E-state index contributed by atoms with van der Waals surface area (Å²) in [5.41, 5.74) is 2.41. The molecule has 0 spiro atoms. The van der Waals surface area contributed by atoms with E-state index in [2.05, 4.69) is 41.4 Å². The van der Waals surface area contributed by atoms with Crippen LogP contribution >= 0.6 is 0 Å². The van der Waals surface area contributed by atoms with E-state index in [0.717, 1.165) is 23.8 Å². The Hall–Kier alpha value is -2.53. The second kappa shape index (κ2) is 10.3. The molecule has 1 heterocycles. The van der Waals surface area contributed by atoms with Crippen LogP contribution in [-0.4, -0.2) is 37.1 Å². The molecule has 1 unspecified atom stereocenters. The van der Waals surface area contributed by atoms with Crippen molar-refractivity contribution < 1.29 is 14.3 Å². The van der Waals surface area contributed by atoms with Gasteiger partial charge >= 0.3 is 0 Å². The van der Waals surface area contributed by atoms with E-state index in [1.165, 1.54) is 31.5 Å². The van der Waals surface area contributed by atoms with Crippen molar-refractivity contribution in [2.24, 2.45) is 5.92 Å². The van der Waals surface area contributed by atoms with Crippen molar-refractivity contribution in [3.05, 3.63) is 59.7 Å². The van der Waals surface area contributed by atoms with Crippen LogP contribution in [0.5, 0.6) is 11.5 Å². The van der Waals surface area contributed by atoms with Gasteiger partial charge in [-0.3, -0.25) is 9.69 Å². The van der Waals surface area contributed by atoms with Crippen molar-refractivity contribution in [3.8, 4) is 11.5 Å². The first-order valence-electron chi connectivity index (χ1n) is 10.4. The Morgan fingerprint density at radius 2 is 1.62 bits per heavy atom. The van der Waals surface area contributed by atoms with Gasteiger partial charge in [0.05, 0.1) is 7.11 Å². The van der Waals surface area contributed by atoms with Gasteiger partial charge in [-0.25, -0.2) is 0 Å². The van der Waals surface area contributed by atoms with Gasteiger partial charge in [-0.2, -0.15) is 0 Å². The van der Waals surface area contributed by atoms with E-state index in [0.29, 0.717) is 12.3 Å². The predicted molar refractivity (Wildman–Crippen MR) is 115 cm³/mol. The molecule has 1 N–H and O–H groups in total. The minimum Gasteiger partial charge on any atom is -0.497 e. The third kappa shape index (κ3) is 6.50. The fraction of sp³-hybridized carbons (Fsp3) is 0.458. The molecule has 1 fully saturated rings. The normalized spacial score (nSPS) is 16.2. The van der Waals surface area contributed by atoms with E-state index in [9.17, 15) is 4.79 Å². The van der Waals surface area contributed by atoms with Gasteiger partial charge in [-0.15, -0.1) is 0 Å². The number of piperidine rings is 1. The summed E-state index contributed by atoms with van der Waals surface area (Å²) in [6.07, 6.45) is 2.02. The van der Waals surface area contributed by atoms with Crippen molar-refractivity contribution in [1.82, 2.24) is 10.2 Å². The molecule has 0 radical (unpaired) electrons. The fourth-order valence-electron chi connectivity index (χ4n) is 3.49. The first kappa shape index (κ1) is 21.2. The zero-order valence-corrected chi connectivity index (χ0v) is 17.7. The Bertz CT molecular complexity index is 766. The van der Waals surface area contributed by atoms with Gasteiger partial charge in [-0.05, 0) is 74.2 Å². The van der Waals surface area contributed by atoms with Crippen molar-refractivity contribution >= 4 is 5.91 Å². The highest BCUT2D eigenvalue weighted by Gasteiger charge is 2.16. The van der Waals surface area contributed by atoms with E-state index in [1.807, 2.05) is 12.1 Å². The molecule has 2 aromatic rings. The molecule has 156 valence electrons. The summed E-state index contributed by atoms with van der Waals surface area (Å²) >= 11 is 0. The van der Waals surface area contributed by atoms with Crippen LogP contribution < -0.4 is 14.8 Å². The molecule has 0 bridgehead atoms. The average Bonchev–Trinajstić information content (AvgIpc) is 2.75. The summed E-state index contributed by atoms with van der Waals surface area (Å²) in [4.78, 5) is 14.9. The van der Waals surface area contributed by atoms with Gasteiger partial charge in [0.2, 0.25) is 0 Å². The van der Waals surface area contributed by atoms with Gasteiger partial charge < -0.3 is 14.8 Å². The van der Waals surface area contributed by atoms with Crippen molar-refractivity contribution in [2.75, 3.05) is 20.2 Å². The Balaban J connectivity index is 1.43. The number of rotatable bonds is 8. The van der Waals surface area contributed by atoms with Gasteiger partial charge in [0.15, 0.2) is 6.10 Å². The van der Waals surface area contributed by atoms with Gasteiger partial charge in [0.1, 0.15) is 11.5 Å². The predicted octanol–water partition coefficient (Wildman–Crippen LogP) is 4.01. The zero-order valence-electron chi connectivity index (χ0n) is 17.7. The first-order valence-corrected chi connectivity index (χ1v) is 10.4. The maximum absolute atomic E-state index is 12.3. The lowest BCUT2D eigenvalue weighted by Crippen LogP contribution is -2.35. The molecule has 5 heteroatoms. The third-order valence-corrected chi connectivity index (χ3v) is 5.51. The minimum absolute atomic E-state index is 0.132. The first-order chi connectivity index (χ1) is 14.0. The molecule has 0 aromatic heterocycles. The number of benzene rings is 2. The van der Waals surface area contributed by atoms with E-state index < -0.39 is 6.10 Å². The van der Waals surface area contributed by atoms with E-state index >= 15 is 0 Å². The highest BCUT2D eigenvalue weighted by Crippen LogP contribution is 2.19. The summed E-state index contributed by atoms with van der Waals surface area (Å²) in [5.74, 6) is 2.12. The molecule has 3 rings (SSSR count). The summed E-state index contributed by atoms with van der Waals surface area (Å²) in [7, 11) is 1.62. The number of hydrogen-bond donors (Lipinski definition) is 1. The van der Waals surface area contributed by atoms with Crippen LogP contribution in [-0.2, 0) is 17.9 Å². The lowest BCUT2D eigenvalue weighted by molar-refractivity contribution is -0.127. The van der Waals surface area contributed by atoms with E-state index in [4.69, 9.17) is 9.47 Å². The van der Waals surface area contributed by atoms with E-state index in [-0.39, 0.29) is 5.91 Å². The number of carbonyl (C=O) groups excluding carboxylic acids is 1. The van der Waals surface area contributed by atoms with Crippen LogP contribution in [0.4, 0.5) is 0 Å². The molecule has 1 saturated heterocycles. The van der Waals surface area contributed by atoms with Crippen LogP contribution in [0.2, 0.25) is 0 Å². The largest absolute Gasteiger partial charge is 0.497 e. The minimum atomic E-state index is -0.566. The highest BCUT2D eigenvalue weighted by molar-refractivity contribution is 5.80. The molecule has 1 aliphatic heterocycles. The number of amides is 1. The lowest BCUT2D eigenvalue weighted by atomic mass is 9.99. The number of nitrogens with one attached hydrogen (secondary N) is 1. The quantitative estimate of drug-likeness (QED) is 0.732. The number of ether oxygens (including phenoxy) is 2. The third-order valence-electron chi connectivity index (χ3n) is 5.51. The number of hydrogen-bond acceptors (Lipinski definition) is 4. The second-order valence-electron chi connectivity index (χ2n) is 7.93. The van der Waals surface area contributed by atoms with Crippen LogP contribution in [0.1, 0.15) is 37.8 Å². The molecular formula is C24H32N2O3. The topological polar surface area (TPSA) is 50.8 Å². The molecule has 29 heavy (non-hydrogen) atoms. The van der Waals surface area contributed by atoms with Gasteiger partial charge in [0, 0.05) is 13.1 Å². The SMILES string of the molecule is COc1ccc(OC(C)C(=O)NCc2ccc(CN3CCC(C)CC3)cc2)cc1. The Morgan fingerprint density at radius 1 is 1.03 bits per heavy atom. The molecule has 1 atom stereocenters. The van der Waals surface area contributed by atoms with Crippen molar-refractivity contribution in [2.45, 2.75) is 45.9 Å². The maximum atomic E-state index is 12.3. The van der Waals surface area contributed by atoms with Crippen LogP contribution in [0, 0.1) is 5.92 Å². The lowest BCUT2D eigenvalue weighted by Gasteiger charge is -2.30. The second-order valence-corrected chi connectivity index (χ2v) is 7.93. The molecule has 5 nitrogen and oxygen atoms in total. The van der Waals surface area contributed by atoms with Crippen LogP contribution in [0.3, 0.4) is 0 Å². The van der Waals surface area contributed by atoms with Crippen LogP contribution in [0.25, 0.3) is 0 Å². The monoisotopic (exact) mass is 396 g/mol. The number of likely N-dealkylation sites (tertiary alicyclic amines) is 1. The number of methoxy groups -OCH3 is 1. The van der Waals surface area contributed by atoms with Gasteiger partial charge in [-0.1, -0.05) is 31.2 Å². The Kier molecular flexibility index (Phi) is 7.53. The van der Waals surface area contributed by atoms with E-state index in [1.54, 1.807) is 26.2 Å². The maximum Gasteiger partial charge on any atom is 0.261 e. The van der Waals surface area contributed by atoms with Crippen LogP contribution in [0.15, 0.2) is 48.5 Å². The fourth-order valence-corrected chi connectivity index (χ4v) is 3.49. The Labute approximate surface area is 174 Å². The molecular weight excluding hydrogens is 364 g/mol. The standard InChI is InChI=1S/C24H32N2O3/c1-18-12-14-26(15-13-18)17-21-6-4-20(5-7-21)16-25-24(27)19(2)29-23-10-8-22(28-3)9-11-23/h4-11,18-19H,12-17H2,1-3H3,(H,25,27). The Morgan fingerprint density at radius 3 is 2.24 bits per heavy atom. The molecule has 0 saturated carbocycles. The summed E-state index contributed by atoms with van der Waals surface area (Å²) in [6.45, 7) is 7.96. The van der Waals surface area contributed by atoms with Gasteiger partial charge in [0.25, 0.3) is 5.91 Å². The average molecular weight is 397 g/mol. The highest BCUT2D eigenvalue weighted by atomic mass is 16.5. The van der Waals surface area contributed by atoms with Crippen molar-refractivity contribution in [1.29, 1.82) is 0 Å². The number of nitrogens with zero attached hydrogens (tertiary/aromatic N) is 1. The summed E-state index contributed by atoms with van der Waals surface area (Å²) in [6, 6.07) is 15.7. The smallest absolute Gasteiger partial charge is 0.261 e. The molecule has 0 aliphatic carbocycles. The summed E-state index contributed by atoms with van der Waals surface area (Å²) in [5, 5.41) is 2.95. The number of carbonyl (C=O) groups is 1. The molecule has 1 aliphatic rings. The molecule has 1 amide bonds. The summed E-state index contributed by atoms with van der Waals surface area (Å²) < 4.78 is 10.8. The zero-order chi connectivity index (χ0) is 20.6.